The molecule has 0 aromatic heterocycles. The number of rotatable bonds is 8. The summed E-state index contributed by atoms with van der Waals surface area (Å²) in [6.45, 7) is 4.75. The Balaban J connectivity index is 0.00000576. The van der Waals surface area contributed by atoms with Gasteiger partial charge in [0.2, 0.25) is 0 Å². The number of halogens is 1. The van der Waals surface area contributed by atoms with Gasteiger partial charge < -0.3 is 24.8 Å². The predicted octanol–water partition coefficient (Wildman–Crippen LogP) is 2.05. The van der Waals surface area contributed by atoms with Gasteiger partial charge in [-0.1, -0.05) is 13.0 Å². The molecule has 1 aromatic carbocycles. The van der Waals surface area contributed by atoms with Crippen molar-refractivity contribution in [2.75, 3.05) is 34.4 Å². The third kappa shape index (κ3) is 8.80. The van der Waals surface area contributed by atoms with Crippen LogP contribution in [0.3, 0.4) is 0 Å². The third-order valence-electron chi connectivity index (χ3n) is 3.34. The molecule has 0 saturated carbocycles. The van der Waals surface area contributed by atoms with Gasteiger partial charge in [0.15, 0.2) is 5.96 Å². The van der Waals surface area contributed by atoms with Gasteiger partial charge in [0, 0.05) is 19.7 Å². The Morgan fingerprint density at radius 3 is 2.40 bits per heavy atom. The van der Waals surface area contributed by atoms with E-state index in [1.165, 1.54) is 7.11 Å². The molecule has 0 aliphatic heterocycles. The van der Waals surface area contributed by atoms with Gasteiger partial charge in [-0.15, -0.1) is 24.0 Å². The molecule has 0 amide bonds. The zero-order chi connectivity index (χ0) is 17.9. The van der Waals surface area contributed by atoms with E-state index >= 15 is 0 Å². The number of aliphatic imine (C=N–C) groups is 1. The Bertz CT molecular complexity index is 554. The monoisotopic (exact) mass is 465 g/mol. The number of methoxy groups -OCH3 is 2. The summed E-state index contributed by atoms with van der Waals surface area (Å²) in [5, 5.41) is 6.25. The number of hydrogen-bond donors (Lipinski definition) is 2. The molecule has 0 saturated heterocycles. The first-order chi connectivity index (χ1) is 11.5. The standard InChI is InChI=1S/C17H27N3O4.HI/c1-12(16(21)23-5)10-19-17(18-3)20-11-13(2)24-15-8-6-7-14(9-15)22-4;/h6-9,12-13H,10-11H2,1-5H3,(H2,18,19,20);1H. The van der Waals surface area contributed by atoms with Crippen molar-refractivity contribution >= 4 is 35.9 Å². The van der Waals surface area contributed by atoms with Gasteiger partial charge in [0.05, 0.1) is 26.7 Å². The average molecular weight is 465 g/mol. The summed E-state index contributed by atoms with van der Waals surface area (Å²) in [6.07, 6.45) is -0.0753. The van der Waals surface area contributed by atoms with Crippen LogP contribution < -0.4 is 20.1 Å². The van der Waals surface area contributed by atoms with E-state index in [0.717, 1.165) is 11.5 Å². The van der Waals surface area contributed by atoms with E-state index in [-0.39, 0.29) is 42.0 Å². The van der Waals surface area contributed by atoms with E-state index in [1.54, 1.807) is 21.1 Å². The van der Waals surface area contributed by atoms with Crippen LogP contribution in [-0.2, 0) is 9.53 Å². The first-order valence-electron chi connectivity index (χ1n) is 7.83. The van der Waals surface area contributed by atoms with Crippen molar-refractivity contribution in [3.8, 4) is 11.5 Å². The fourth-order valence-corrected chi connectivity index (χ4v) is 1.94. The maximum Gasteiger partial charge on any atom is 0.310 e. The molecule has 0 aliphatic carbocycles. The van der Waals surface area contributed by atoms with E-state index in [2.05, 4.69) is 15.6 Å². The highest BCUT2D eigenvalue weighted by molar-refractivity contribution is 14.0. The Labute approximate surface area is 166 Å². The highest BCUT2D eigenvalue weighted by atomic mass is 127. The zero-order valence-corrected chi connectivity index (χ0v) is 17.7. The van der Waals surface area contributed by atoms with Crippen LogP contribution in [0.4, 0.5) is 0 Å². The van der Waals surface area contributed by atoms with Crippen LogP contribution in [0.15, 0.2) is 29.3 Å². The number of benzene rings is 1. The highest BCUT2D eigenvalue weighted by Crippen LogP contribution is 2.19. The maximum atomic E-state index is 11.4. The number of carbonyl (C=O) groups excluding carboxylic acids is 1. The van der Waals surface area contributed by atoms with Crippen LogP contribution in [0.1, 0.15) is 13.8 Å². The molecule has 0 aliphatic rings. The summed E-state index contributed by atoms with van der Waals surface area (Å²) in [4.78, 5) is 15.5. The average Bonchev–Trinajstić information content (AvgIpc) is 2.60. The van der Waals surface area contributed by atoms with Crippen molar-refractivity contribution in [2.24, 2.45) is 10.9 Å². The lowest BCUT2D eigenvalue weighted by atomic mass is 10.2. The second-order valence-electron chi connectivity index (χ2n) is 5.37. The van der Waals surface area contributed by atoms with E-state index in [1.807, 2.05) is 31.2 Å². The van der Waals surface area contributed by atoms with Gasteiger partial charge in [-0.3, -0.25) is 9.79 Å². The summed E-state index contributed by atoms with van der Waals surface area (Å²) in [5.41, 5.74) is 0. The lowest BCUT2D eigenvalue weighted by molar-refractivity contribution is -0.144. The Morgan fingerprint density at radius 1 is 1.16 bits per heavy atom. The second kappa shape index (κ2) is 12.6. The lowest BCUT2D eigenvalue weighted by Crippen LogP contribution is -2.44. The van der Waals surface area contributed by atoms with Crippen molar-refractivity contribution in [2.45, 2.75) is 20.0 Å². The SMILES string of the molecule is CN=C(NCC(C)Oc1cccc(OC)c1)NCC(C)C(=O)OC.I. The first kappa shape index (κ1) is 23.3. The summed E-state index contributed by atoms with van der Waals surface area (Å²) < 4.78 is 15.7. The number of guanidine groups is 1. The van der Waals surface area contributed by atoms with Crippen molar-refractivity contribution in [3.63, 3.8) is 0 Å². The summed E-state index contributed by atoms with van der Waals surface area (Å²) in [7, 11) is 4.67. The van der Waals surface area contributed by atoms with E-state index in [4.69, 9.17) is 14.2 Å². The molecular formula is C17H28IN3O4. The first-order valence-corrected chi connectivity index (χ1v) is 7.83. The number of hydrogen-bond acceptors (Lipinski definition) is 5. The quantitative estimate of drug-likeness (QED) is 0.265. The predicted molar refractivity (Wildman–Crippen MR) is 109 cm³/mol. The van der Waals surface area contributed by atoms with E-state index in [9.17, 15) is 4.79 Å². The topological polar surface area (TPSA) is 81.2 Å². The smallest absolute Gasteiger partial charge is 0.310 e. The summed E-state index contributed by atoms with van der Waals surface area (Å²) >= 11 is 0. The molecule has 0 radical (unpaired) electrons. The van der Waals surface area contributed by atoms with Crippen LogP contribution in [0, 0.1) is 5.92 Å². The van der Waals surface area contributed by atoms with Crippen molar-refractivity contribution in [3.05, 3.63) is 24.3 Å². The number of nitrogens with one attached hydrogen (secondary N) is 2. The van der Waals surface area contributed by atoms with Crippen LogP contribution >= 0.6 is 24.0 Å². The van der Waals surface area contributed by atoms with Crippen molar-refractivity contribution in [1.29, 1.82) is 0 Å². The van der Waals surface area contributed by atoms with Crippen LogP contribution in [0.2, 0.25) is 0 Å². The highest BCUT2D eigenvalue weighted by Gasteiger charge is 2.13. The van der Waals surface area contributed by atoms with Gasteiger partial charge in [0.25, 0.3) is 0 Å². The molecule has 1 rings (SSSR count). The fourth-order valence-electron chi connectivity index (χ4n) is 1.94. The summed E-state index contributed by atoms with van der Waals surface area (Å²) in [6, 6.07) is 7.46. The molecule has 25 heavy (non-hydrogen) atoms. The molecule has 0 fully saturated rings. The molecule has 0 spiro atoms. The molecule has 0 bridgehead atoms. The third-order valence-corrected chi connectivity index (χ3v) is 3.34. The van der Waals surface area contributed by atoms with Crippen LogP contribution in [-0.4, -0.2) is 52.4 Å². The maximum absolute atomic E-state index is 11.4. The van der Waals surface area contributed by atoms with Crippen molar-refractivity contribution < 1.29 is 19.0 Å². The van der Waals surface area contributed by atoms with E-state index in [0.29, 0.717) is 19.0 Å². The van der Waals surface area contributed by atoms with Crippen molar-refractivity contribution in [1.82, 2.24) is 10.6 Å². The number of ether oxygens (including phenoxy) is 3. The van der Waals surface area contributed by atoms with Gasteiger partial charge in [-0.05, 0) is 19.1 Å². The molecule has 8 heteroatoms. The van der Waals surface area contributed by atoms with Crippen LogP contribution in [0.25, 0.3) is 0 Å². The van der Waals surface area contributed by atoms with E-state index < -0.39 is 0 Å². The molecule has 2 N–H and O–H groups in total. The van der Waals surface area contributed by atoms with Gasteiger partial charge in [-0.25, -0.2) is 0 Å². The summed E-state index contributed by atoms with van der Waals surface area (Å²) in [5.74, 6) is 1.59. The minimum atomic E-state index is -0.257. The minimum absolute atomic E-state index is 0. The molecular weight excluding hydrogens is 437 g/mol. The molecule has 7 nitrogen and oxygen atoms in total. The molecule has 0 heterocycles. The van der Waals surface area contributed by atoms with Crippen LogP contribution in [0.5, 0.6) is 11.5 Å². The lowest BCUT2D eigenvalue weighted by Gasteiger charge is -2.19. The van der Waals surface area contributed by atoms with Gasteiger partial charge in [0.1, 0.15) is 17.6 Å². The zero-order valence-electron chi connectivity index (χ0n) is 15.4. The Kier molecular flexibility index (Phi) is 11.8. The molecule has 142 valence electrons. The molecule has 2 unspecified atom stereocenters. The van der Waals surface area contributed by atoms with Gasteiger partial charge in [-0.2, -0.15) is 0 Å². The minimum Gasteiger partial charge on any atom is -0.497 e. The number of carbonyl (C=O) groups is 1. The molecule has 2 atom stereocenters. The fraction of sp³-hybridized carbons (Fsp3) is 0.529. The largest absolute Gasteiger partial charge is 0.497 e. The second-order valence-corrected chi connectivity index (χ2v) is 5.37. The Hall–Kier alpha value is -1.71. The molecule has 1 aromatic rings. The van der Waals surface area contributed by atoms with Gasteiger partial charge >= 0.3 is 5.97 Å². The number of nitrogens with zero attached hydrogens (tertiary/aromatic N) is 1. The number of esters is 1. The normalized spacial score (nSPS) is 13.1. The Morgan fingerprint density at radius 2 is 1.80 bits per heavy atom.